The van der Waals surface area contributed by atoms with E-state index in [1.807, 2.05) is 13.8 Å². The van der Waals surface area contributed by atoms with Crippen LogP contribution in [0, 0.1) is 0 Å². The van der Waals surface area contributed by atoms with Gasteiger partial charge in [0.15, 0.2) is 5.76 Å². The number of benzene rings is 1. The summed E-state index contributed by atoms with van der Waals surface area (Å²) in [6.45, 7) is 3.76. The van der Waals surface area contributed by atoms with Crippen LogP contribution in [0.2, 0.25) is 5.02 Å². The highest BCUT2D eigenvalue weighted by atomic mass is 35.5. The Morgan fingerprint density at radius 3 is 2.59 bits per heavy atom. The summed E-state index contributed by atoms with van der Waals surface area (Å²) in [5, 5.41) is 1.58. The van der Waals surface area contributed by atoms with Crippen molar-refractivity contribution in [3.8, 4) is 0 Å². The van der Waals surface area contributed by atoms with Gasteiger partial charge in [0.1, 0.15) is 0 Å². The zero-order valence-corrected chi connectivity index (χ0v) is 15.2. The maximum absolute atomic E-state index is 13.0. The number of nitrogens with one attached hydrogen (secondary N) is 1. The Balaban J connectivity index is 1.86. The lowest BCUT2D eigenvalue weighted by Crippen LogP contribution is -2.45. The third-order valence-electron chi connectivity index (χ3n) is 4.31. The van der Waals surface area contributed by atoms with Gasteiger partial charge in [-0.3, -0.25) is 24.8 Å². The molecule has 0 atom stereocenters. The molecule has 27 heavy (non-hydrogen) atoms. The molecule has 1 aliphatic rings. The number of nitrogens with zero attached hydrogens (tertiary/aromatic N) is 2. The van der Waals surface area contributed by atoms with E-state index in [2.05, 4.69) is 10.4 Å². The number of hydrogen-bond acceptors (Lipinski definition) is 5. The molecule has 0 saturated carbocycles. The number of fused-ring (bicyclic) bond motifs is 3. The second-order valence-corrected chi connectivity index (χ2v) is 6.86. The molecule has 1 aromatic carbocycles. The van der Waals surface area contributed by atoms with Crippen LogP contribution >= 0.6 is 11.6 Å². The third-order valence-corrected chi connectivity index (χ3v) is 4.55. The number of halogens is 1. The molecule has 7 nitrogen and oxygen atoms in total. The highest BCUT2D eigenvalue weighted by Gasteiger charge is 2.41. The Kier molecular flexibility index (Phi) is 3.96. The highest BCUT2D eigenvalue weighted by Crippen LogP contribution is 2.34. The third kappa shape index (κ3) is 2.67. The van der Waals surface area contributed by atoms with Crippen LogP contribution in [0.15, 0.2) is 41.0 Å². The van der Waals surface area contributed by atoms with Gasteiger partial charge in [0.05, 0.1) is 28.6 Å². The molecule has 0 saturated heterocycles. The van der Waals surface area contributed by atoms with Gasteiger partial charge in [-0.25, -0.2) is 0 Å². The van der Waals surface area contributed by atoms with Gasteiger partial charge >= 0.3 is 5.91 Å². The second-order valence-electron chi connectivity index (χ2n) is 6.43. The number of aromatic nitrogens is 1. The van der Waals surface area contributed by atoms with Crippen molar-refractivity contribution in [3.63, 3.8) is 0 Å². The van der Waals surface area contributed by atoms with E-state index < -0.39 is 17.7 Å². The van der Waals surface area contributed by atoms with Crippen molar-refractivity contribution in [2.24, 2.45) is 0 Å². The molecular weight excluding hydrogens is 370 g/mol. The van der Waals surface area contributed by atoms with Gasteiger partial charge in [-0.1, -0.05) is 25.4 Å². The number of amides is 3. The molecule has 0 fully saturated rings. The molecule has 0 unspecified atom stereocenters. The lowest BCUT2D eigenvalue weighted by Gasteiger charge is -2.14. The summed E-state index contributed by atoms with van der Waals surface area (Å²) in [7, 11) is 0. The van der Waals surface area contributed by atoms with Crippen molar-refractivity contribution >= 4 is 40.2 Å². The van der Waals surface area contributed by atoms with Crippen LogP contribution in [0.4, 0.5) is 0 Å². The zero-order chi connectivity index (χ0) is 19.3. The summed E-state index contributed by atoms with van der Waals surface area (Å²) in [4.78, 5) is 42.8. The minimum atomic E-state index is -0.698. The summed E-state index contributed by atoms with van der Waals surface area (Å²) in [6, 6.07) is 7.93. The van der Waals surface area contributed by atoms with Crippen LogP contribution in [0.1, 0.15) is 56.7 Å². The molecule has 2 aromatic heterocycles. The molecule has 4 rings (SSSR count). The summed E-state index contributed by atoms with van der Waals surface area (Å²) in [5.74, 6) is -2.08. The predicted octanol–water partition coefficient (Wildman–Crippen LogP) is 3.55. The van der Waals surface area contributed by atoms with Crippen LogP contribution in [-0.4, -0.2) is 27.7 Å². The molecule has 1 N–H and O–H groups in total. The molecule has 0 radical (unpaired) electrons. The van der Waals surface area contributed by atoms with Crippen molar-refractivity contribution in [2.45, 2.75) is 19.8 Å². The molecule has 0 spiro atoms. The first-order valence-electron chi connectivity index (χ1n) is 8.25. The van der Waals surface area contributed by atoms with E-state index in [-0.39, 0.29) is 22.8 Å². The smallest absolute Gasteiger partial charge is 0.305 e. The van der Waals surface area contributed by atoms with Crippen molar-refractivity contribution in [3.05, 3.63) is 64.2 Å². The lowest BCUT2D eigenvalue weighted by atomic mass is 9.97. The molecule has 3 heterocycles. The standard InChI is InChI=1S/C19H14ClN3O4/c1-9(2)16-15-14(11-8-10(20)5-6-12(11)21-16)18(25)23(19(15)26)22-17(24)13-4-3-7-27-13/h3-9H,1-2H3,(H,22,24). The van der Waals surface area contributed by atoms with Crippen LogP contribution in [0.5, 0.6) is 0 Å². The average molecular weight is 384 g/mol. The lowest BCUT2D eigenvalue weighted by molar-refractivity contribution is 0.0510. The number of imide groups is 1. The van der Waals surface area contributed by atoms with Crippen molar-refractivity contribution in [1.29, 1.82) is 0 Å². The predicted molar refractivity (Wildman–Crippen MR) is 97.5 cm³/mol. The normalized spacial score (nSPS) is 13.6. The summed E-state index contributed by atoms with van der Waals surface area (Å²) < 4.78 is 5.01. The van der Waals surface area contributed by atoms with Crippen molar-refractivity contribution in [1.82, 2.24) is 15.4 Å². The zero-order valence-electron chi connectivity index (χ0n) is 14.4. The fraction of sp³-hybridized carbons (Fsp3) is 0.158. The quantitative estimate of drug-likeness (QED) is 0.698. The first kappa shape index (κ1) is 17.2. The van der Waals surface area contributed by atoms with Crippen LogP contribution in [-0.2, 0) is 0 Å². The Hall–Kier alpha value is -3.19. The summed E-state index contributed by atoms with van der Waals surface area (Å²) >= 11 is 6.08. The number of carbonyl (C=O) groups is 3. The average Bonchev–Trinajstić information content (AvgIpc) is 3.24. The molecule has 136 valence electrons. The Morgan fingerprint density at radius 2 is 1.93 bits per heavy atom. The molecule has 0 bridgehead atoms. The summed E-state index contributed by atoms with van der Waals surface area (Å²) in [6.07, 6.45) is 1.33. The second kappa shape index (κ2) is 6.21. The van der Waals surface area contributed by atoms with Gasteiger partial charge in [0.2, 0.25) is 0 Å². The van der Waals surface area contributed by atoms with Gasteiger partial charge in [0.25, 0.3) is 11.8 Å². The van der Waals surface area contributed by atoms with E-state index >= 15 is 0 Å². The Morgan fingerprint density at radius 1 is 1.19 bits per heavy atom. The van der Waals surface area contributed by atoms with Crippen molar-refractivity contribution < 1.29 is 18.8 Å². The molecule has 0 aliphatic carbocycles. The molecule has 1 aliphatic heterocycles. The Bertz CT molecular complexity index is 1110. The Labute approximate surface area is 158 Å². The molecule has 8 heteroatoms. The van der Waals surface area contributed by atoms with Crippen LogP contribution in [0.25, 0.3) is 10.9 Å². The van der Waals surface area contributed by atoms with E-state index in [0.717, 1.165) is 0 Å². The van der Waals surface area contributed by atoms with Gasteiger partial charge in [-0.05, 0) is 36.2 Å². The van der Waals surface area contributed by atoms with Crippen molar-refractivity contribution in [2.75, 3.05) is 0 Å². The minimum absolute atomic E-state index is 0.0123. The van der Waals surface area contributed by atoms with Crippen LogP contribution in [0.3, 0.4) is 0 Å². The highest BCUT2D eigenvalue weighted by molar-refractivity contribution is 6.32. The number of hydrogen-bond donors (Lipinski definition) is 1. The largest absolute Gasteiger partial charge is 0.459 e. The first-order chi connectivity index (χ1) is 12.9. The van der Waals surface area contributed by atoms with Gasteiger partial charge in [0, 0.05) is 10.4 Å². The number of carbonyl (C=O) groups excluding carboxylic acids is 3. The van der Waals surface area contributed by atoms with E-state index in [4.69, 9.17) is 16.0 Å². The number of pyridine rings is 1. The van der Waals surface area contributed by atoms with Gasteiger partial charge in [-0.2, -0.15) is 5.01 Å². The first-order valence-corrected chi connectivity index (χ1v) is 8.62. The fourth-order valence-electron chi connectivity index (χ4n) is 3.09. The van der Waals surface area contributed by atoms with Crippen LogP contribution < -0.4 is 5.43 Å². The van der Waals surface area contributed by atoms with Gasteiger partial charge < -0.3 is 4.42 Å². The maximum Gasteiger partial charge on any atom is 0.305 e. The number of furan rings is 1. The van der Waals surface area contributed by atoms with Gasteiger partial charge in [-0.15, -0.1) is 0 Å². The monoisotopic (exact) mass is 383 g/mol. The van der Waals surface area contributed by atoms with E-state index in [1.165, 1.54) is 18.4 Å². The molecule has 3 aromatic rings. The number of rotatable bonds is 3. The SMILES string of the molecule is CC(C)c1nc2ccc(Cl)cc2c2c1C(=O)N(NC(=O)c1ccco1)C2=O. The number of hydrazine groups is 1. The minimum Gasteiger partial charge on any atom is -0.459 e. The van der Waals surface area contributed by atoms with E-state index in [0.29, 0.717) is 26.6 Å². The fourth-order valence-corrected chi connectivity index (χ4v) is 3.26. The molecule has 3 amide bonds. The van der Waals surface area contributed by atoms with E-state index in [1.54, 1.807) is 18.2 Å². The van der Waals surface area contributed by atoms with E-state index in [9.17, 15) is 14.4 Å². The topological polar surface area (TPSA) is 92.5 Å². The summed E-state index contributed by atoms with van der Waals surface area (Å²) in [5.41, 5.74) is 3.74. The molecular formula is C19H14ClN3O4. The maximum atomic E-state index is 13.0.